The number of carbonyl (C=O) groups is 2. The molecule has 1 fully saturated rings. The fraction of sp³-hybridized carbons (Fsp3) is 0.500. The van der Waals surface area contributed by atoms with Crippen LogP contribution in [-0.2, 0) is 16.1 Å². The van der Waals surface area contributed by atoms with Crippen LogP contribution in [0.15, 0.2) is 24.3 Å². The number of nitrogens with one attached hydrogen (secondary N) is 1. The Morgan fingerprint density at radius 2 is 2.09 bits per heavy atom. The molecule has 1 aromatic rings. The van der Waals surface area contributed by atoms with E-state index < -0.39 is 11.7 Å². The minimum Gasteiger partial charge on any atom is -0.444 e. The van der Waals surface area contributed by atoms with Gasteiger partial charge >= 0.3 is 6.09 Å². The zero-order valence-electron chi connectivity index (χ0n) is 13.1. The van der Waals surface area contributed by atoms with Crippen LogP contribution in [0.4, 0.5) is 10.5 Å². The predicted octanol–water partition coefficient (Wildman–Crippen LogP) is 3.37. The molecule has 0 bridgehead atoms. The second-order valence-electron chi connectivity index (χ2n) is 6.36. The number of amides is 2. The van der Waals surface area contributed by atoms with Gasteiger partial charge in [0.1, 0.15) is 5.60 Å². The molecule has 0 aliphatic carbocycles. The van der Waals surface area contributed by atoms with E-state index in [4.69, 9.17) is 16.3 Å². The summed E-state index contributed by atoms with van der Waals surface area (Å²) in [4.78, 5) is 25.4. The van der Waals surface area contributed by atoms with Crippen molar-refractivity contribution in [3.8, 4) is 0 Å². The van der Waals surface area contributed by atoms with Crippen LogP contribution in [0, 0.1) is 0 Å². The summed E-state index contributed by atoms with van der Waals surface area (Å²) in [6.45, 7) is 6.38. The van der Waals surface area contributed by atoms with Crippen molar-refractivity contribution in [1.29, 1.82) is 0 Å². The molecule has 1 aromatic carbocycles. The molecule has 0 radical (unpaired) electrons. The number of rotatable bonds is 3. The van der Waals surface area contributed by atoms with Crippen molar-refractivity contribution < 1.29 is 14.3 Å². The molecule has 1 unspecified atom stereocenters. The number of anilines is 1. The number of carbonyl (C=O) groups excluding carboxylic acids is 2. The lowest BCUT2D eigenvalue weighted by molar-refractivity contribution is -0.128. The average molecular weight is 325 g/mol. The highest BCUT2D eigenvalue weighted by Gasteiger charge is 2.28. The smallest absolute Gasteiger partial charge is 0.412 e. The molecule has 0 aromatic heterocycles. The maximum absolute atomic E-state index is 11.9. The fourth-order valence-corrected chi connectivity index (χ4v) is 2.57. The molecular formula is C16H21ClN2O3. The number of ether oxygens (including phenoxy) is 1. The van der Waals surface area contributed by atoms with Crippen molar-refractivity contribution in [2.75, 3.05) is 11.9 Å². The summed E-state index contributed by atoms with van der Waals surface area (Å²) in [5, 5.41) is 2.59. The SMILES string of the molecule is CC(C)(C)OC(=O)Nc1ccccc1CN1CC(Cl)CC1=O. The zero-order chi connectivity index (χ0) is 16.3. The predicted molar refractivity (Wildman–Crippen MR) is 86.0 cm³/mol. The number of alkyl halides is 1. The van der Waals surface area contributed by atoms with Crippen LogP contribution in [0.5, 0.6) is 0 Å². The number of para-hydroxylation sites is 1. The second kappa shape index (κ2) is 6.57. The first-order valence-electron chi connectivity index (χ1n) is 7.24. The first kappa shape index (κ1) is 16.6. The van der Waals surface area contributed by atoms with Gasteiger partial charge in [-0.25, -0.2) is 4.79 Å². The van der Waals surface area contributed by atoms with E-state index in [0.29, 0.717) is 25.2 Å². The Morgan fingerprint density at radius 3 is 2.68 bits per heavy atom. The molecule has 22 heavy (non-hydrogen) atoms. The Hall–Kier alpha value is -1.75. The van der Waals surface area contributed by atoms with E-state index in [9.17, 15) is 9.59 Å². The third kappa shape index (κ3) is 4.63. The van der Waals surface area contributed by atoms with Gasteiger partial charge in [0, 0.05) is 25.2 Å². The molecule has 6 heteroatoms. The lowest BCUT2D eigenvalue weighted by atomic mass is 10.1. The van der Waals surface area contributed by atoms with Crippen molar-refractivity contribution in [2.45, 2.75) is 44.7 Å². The average Bonchev–Trinajstić information content (AvgIpc) is 2.68. The monoisotopic (exact) mass is 324 g/mol. The molecule has 5 nitrogen and oxygen atoms in total. The third-order valence-electron chi connectivity index (χ3n) is 3.18. The van der Waals surface area contributed by atoms with Crippen molar-refractivity contribution in [3.05, 3.63) is 29.8 Å². The number of benzene rings is 1. The lowest BCUT2D eigenvalue weighted by Crippen LogP contribution is -2.28. The summed E-state index contributed by atoms with van der Waals surface area (Å²) in [5.41, 5.74) is 0.936. The van der Waals surface area contributed by atoms with Gasteiger partial charge in [-0.3, -0.25) is 10.1 Å². The number of hydrogen-bond acceptors (Lipinski definition) is 3. The van der Waals surface area contributed by atoms with Gasteiger partial charge in [-0.1, -0.05) is 18.2 Å². The van der Waals surface area contributed by atoms with Gasteiger partial charge < -0.3 is 9.64 Å². The zero-order valence-corrected chi connectivity index (χ0v) is 13.8. The largest absolute Gasteiger partial charge is 0.444 e. The van der Waals surface area contributed by atoms with Crippen LogP contribution in [0.25, 0.3) is 0 Å². The van der Waals surface area contributed by atoms with E-state index in [1.54, 1.807) is 11.0 Å². The number of halogens is 1. The van der Waals surface area contributed by atoms with Crippen molar-refractivity contribution in [1.82, 2.24) is 4.90 Å². The molecule has 1 N–H and O–H groups in total. The highest BCUT2D eigenvalue weighted by molar-refractivity contribution is 6.22. The van der Waals surface area contributed by atoms with E-state index in [-0.39, 0.29) is 11.3 Å². The minimum atomic E-state index is -0.560. The van der Waals surface area contributed by atoms with E-state index in [2.05, 4.69) is 5.32 Å². The van der Waals surface area contributed by atoms with Gasteiger partial charge in [-0.15, -0.1) is 11.6 Å². The Balaban J connectivity index is 2.07. The quantitative estimate of drug-likeness (QED) is 0.867. The molecule has 2 amide bonds. The molecule has 120 valence electrons. The molecule has 2 rings (SSSR count). The van der Waals surface area contributed by atoms with E-state index in [1.807, 2.05) is 39.0 Å². The maximum atomic E-state index is 11.9. The number of nitrogens with zero attached hydrogens (tertiary/aromatic N) is 1. The normalized spacial score (nSPS) is 18.5. The molecule has 1 aliphatic heterocycles. The summed E-state index contributed by atoms with van der Waals surface area (Å²) < 4.78 is 5.25. The van der Waals surface area contributed by atoms with Crippen LogP contribution < -0.4 is 5.32 Å². The standard InChI is InChI=1S/C16H21ClN2O3/c1-16(2,3)22-15(21)18-13-7-5-4-6-11(13)9-19-10-12(17)8-14(19)20/h4-7,12H,8-10H2,1-3H3,(H,18,21). The van der Waals surface area contributed by atoms with Crippen LogP contribution >= 0.6 is 11.6 Å². The second-order valence-corrected chi connectivity index (χ2v) is 6.98. The number of hydrogen-bond donors (Lipinski definition) is 1. The first-order chi connectivity index (χ1) is 10.2. The summed E-state index contributed by atoms with van der Waals surface area (Å²) in [5.74, 6) is 0.0343. The highest BCUT2D eigenvalue weighted by atomic mass is 35.5. The molecule has 1 atom stereocenters. The maximum Gasteiger partial charge on any atom is 0.412 e. The van der Waals surface area contributed by atoms with Crippen molar-refractivity contribution in [3.63, 3.8) is 0 Å². The van der Waals surface area contributed by atoms with Crippen molar-refractivity contribution >= 4 is 29.3 Å². The summed E-state index contributed by atoms with van der Waals surface area (Å²) in [7, 11) is 0. The molecule has 0 saturated carbocycles. The first-order valence-corrected chi connectivity index (χ1v) is 7.68. The Morgan fingerprint density at radius 1 is 1.41 bits per heavy atom. The molecule has 1 aliphatic rings. The van der Waals surface area contributed by atoms with Gasteiger partial charge in [0.2, 0.25) is 5.91 Å². The van der Waals surface area contributed by atoms with Gasteiger partial charge in [-0.05, 0) is 32.4 Å². The van der Waals surface area contributed by atoms with E-state index >= 15 is 0 Å². The minimum absolute atomic E-state index is 0.0343. The van der Waals surface area contributed by atoms with Crippen LogP contribution in [0.3, 0.4) is 0 Å². The lowest BCUT2D eigenvalue weighted by Gasteiger charge is -2.22. The van der Waals surface area contributed by atoms with E-state index in [1.165, 1.54) is 0 Å². The highest BCUT2D eigenvalue weighted by Crippen LogP contribution is 2.23. The van der Waals surface area contributed by atoms with Crippen molar-refractivity contribution in [2.24, 2.45) is 0 Å². The molecule has 1 heterocycles. The fourth-order valence-electron chi connectivity index (χ4n) is 2.28. The van der Waals surface area contributed by atoms with Gasteiger partial charge in [0.05, 0.1) is 5.38 Å². The summed E-state index contributed by atoms with van der Waals surface area (Å²) in [6, 6.07) is 7.36. The Bertz CT molecular complexity index is 569. The number of likely N-dealkylation sites (tertiary alicyclic amines) is 1. The summed E-state index contributed by atoms with van der Waals surface area (Å²) >= 11 is 6.01. The van der Waals surface area contributed by atoms with E-state index in [0.717, 1.165) is 5.56 Å². The van der Waals surface area contributed by atoms with Crippen LogP contribution in [0.2, 0.25) is 0 Å². The van der Waals surface area contributed by atoms with Crippen LogP contribution in [-0.4, -0.2) is 34.4 Å². The van der Waals surface area contributed by atoms with Gasteiger partial charge in [-0.2, -0.15) is 0 Å². The summed E-state index contributed by atoms with van der Waals surface area (Å²) in [6.07, 6.45) is -0.147. The van der Waals surface area contributed by atoms with Gasteiger partial charge in [0.15, 0.2) is 0 Å². The Kier molecular flexibility index (Phi) is 4.96. The van der Waals surface area contributed by atoms with Gasteiger partial charge in [0.25, 0.3) is 0 Å². The molecular weight excluding hydrogens is 304 g/mol. The van der Waals surface area contributed by atoms with Crippen LogP contribution in [0.1, 0.15) is 32.8 Å². The third-order valence-corrected chi connectivity index (χ3v) is 3.47. The molecule has 1 saturated heterocycles. The topological polar surface area (TPSA) is 58.6 Å². The Labute approximate surface area is 135 Å². The molecule has 0 spiro atoms.